The molecule has 0 aliphatic carbocycles. The van der Waals surface area contributed by atoms with Gasteiger partial charge in [-0.25, -0.2) is 9.37 Å². The number of hydrogen-bond donors (Lipinski definition) is 0. The number of pyridine rings is 1. The highest BCUT2D eigenvalue weighted by Crippen LogP contribution is 2.24. The largest absolute Gasteiger partial charge is 0.248 e. The average Bonchev–Trinajstić information content (AvgIpc) is 2.51. The fraction of sp³-hybridized carbons (Fsp3) is 0.105. The number of halogens is 1. The lowest BCUT2D eigenvalue weighted by atomic mass is 10.0. The zero-order valence-electron chi connectivity index (χ0n) is 12.1. The van der Waals surface area contributed by atoms with Gasteiger partial charge in [-0.15, -0.1) is 0 Å². The van der Waals surface area contributed by atoms with Gasteiger partial charge in [0.15, 0.2) is 0 Å². The lowest BCUT2D eigenvalue weighted by molar-refractivity contribution is 0.628. The molecular formula is C19H16FN. The highest BCUT2D eigenvalue weighted by atomic mass is 19.1. The second kappa shape index (κ2) is 5.49. The van der Waals surface area contributed by atoms with Gasteiger partial charge in [-0.1, -0.05) is 18.2 Å². The first-order chi connectivity index (χ1) is 10.1. The molecule has 0 saturated carbocycles. The van der Waals surface area contributed by atoms with Gasteiger partial charge < -0.3 is 0 Å². The SMILES string of the molecule is Cc1ccc(-c2cccc(-c3ccc(F)cc3)n2)cc1C. The summed E-state index contributed by atoms with van der Waals surface area (Å²) < 4.78 is 13.0. The smallest absolute Gasteiger partial charge is 0.123 e. The Hall–Kier alpha value is -2.48. The molecule has 0 spiro atoms. The Morgan fingerprint density at radius 2 is 1.33 bits per heavy atom. The van der Waals surface area contributed by atoms with Gasteiger partial charge in [0.05, 0.1) is 11.4 Å². The molecule has 0 aliphatic heterocycles. The van der Waals surface area contributed by atoms with Crippen molar-refractivity contribution in [3.05, 3.63) is 77.6 Å². The molecule has 0 atom stereocenters. The zero-order valence-corrected chi connectivity index (χ0v) is 12.1. The van der Waals surface area contributed by atoms with Crippen molar-refractivity contribution < 1.29 is 4.39 Å². The Labute approximate surface area is 124 Å². The summed E-state index contributed by atoms with van der Waals surface area (Å²) in [6.45, 7) is 4.20. The molecule has 0 bridgehead atoms. The van der Waals surface area contributed by atoms with Crippen LogP contribution in [0.15, 0.2) is 60.7 Å². The van der Waals surface area contributed by atoms with Gasteiger partial charge in [0.25, 0.3) is 0 Å². The predicted molar refractivity (Wildman–Crippen MR) is 84.5 cm³/mol. The van der Waals surface area contributed by atoms with Crippen molar-refractivity contribution in [1.29, 1.82) is 0 Å². The van der Waals surface area contributed by atoms with Crippen LogP contribution in [0.4, 0.5) is 4.39 Å². The van der Waals surface area contributed by atoms with E-state index in [1.54, 1.807) is 12.1 Å². The van der Waals surface area contributed by atoms with Crippen LogP contribution in [-0.2, 0) is 0 Å². The predicted octanol–water partition coefficient (Wildman–Crippen LogP) is 5.17. The normalized spacial score (nSPS) is 10.6. The molecule has 1 heterocycles. The lowest BCUT2D eigenvalue weighted by Crippen LogP contribution is -1.89. The topological polar surface area (TPSA) is 12.9 Å². The van der Waals surface area contributed by atoms with Crippen molar-refractivity contribution in [2.24, 2.45) is 0 Å². The van der Waals surface area contributed by atoms with E-state index in [2.05, 4.69) is 32.0 Å². The average molecular weight is 277 g/mol. The van der Waals surface area contributed by atoms with Crippen LogP contribution >= 0.6 is 0 Å². The molecule has 0 aliphatic rings. The van der Waals surface area contributed by atoms with E-state index < -0.39 is 0 Å². The summed E-state index contributed by atoms with van der Waals surface area (Å²) in [5, 5.41) is 0. The Balaban J connectivity index is 2.03. The van der Waals surface area contributed by atoms with Crippen molar-refractivity contribution in [3.63, 3.8) is 0 Å². The Morgan fingerprint density at radius 3 is 2.00 bits per heavy atom. The Bertz CT molecular complexity index is 776. The monoisotopic (exact) mass is 277 g/mol. The first kappa shape index (κ1) is 13.5. The maximum absolute atomic E-state index is 13.0. The molecule has 0 fully saturated rings. The van der Waals surface area contributed by atoms with Crippen molar-refractivity contribution in [2.45, 2.75) is 13.8 Å². The molecule has 1 nitrogen and oxygen atoms in total. The van der Waals surface area contributed by atoms with Crippen LogP contribution in [0.25, 0.3) is 22.5 Å². The van der Waals surface area contributed by atoms with Crippen molar-refractivity contribution in [3.8, 4) is 22.5 Å². The second-order valence-corrected chi connectivity index (χ2v) is 5.21. The van der Waals surface area contributed by atoms with Gasteiger partial charge in [0, 0.05) is 11.1 Å². The van der Waals surface area contributed by atoms with Crippen LogP contribution in [0.1, 0.15) is 11.1 Å². The Kier molecular flexibility index (Phi) is 3.53. The van der Waals surface area contributed by atoms with Crippen molar-refractivity contribution in [1.82, 2.24) is 4.98 Å². The number of aryl methyl sites for hydroxylation is 2. The third kappa shape index (κ3) is 2.84. The minimum absolute atomic E-state index is 0.232. The highest BCUT2D eigenvalue weighted by Gasteiger charge is 2.04. The Morgan fingerprint density at radius 1 is 0.714 bits per heavy atom. The molecule has 0 N–H and O–H groups in total. The fourth-order valence-electron chi connectivity index (χ4n) is 2.28. The van der Waals surface area contributed by atoms with Gasteiger partial charge in [0.2, 0.25) is 0 Å². The van der Waals surface area contributed by atoms with E-state index in [9.17, 15) is 4.39 Å². The minimum Gasteiger partial charge on any atom is -0.248 e. The van der Waals surface area contributed by atoms with Crippen LogP contribution in [-0.4, -0.2) is 4.98 Å². The molecule has 104 valence electrons. The van der Waals surface area contributed by atoms with E-state index in [0.717, 1.165) is 22.5 Å². The highest BCUT2D eigenvalue weighted by molar-refractivity contribution is 5.66. The maximum atomic E-state index is 13.0. The van der Waals surface area contributed by atoms with Gasteiger partial charge in [0.1, 0.15) is 5.82 Å². The van der Waals surface area contributed by atoms with Gasteiger partial charge in [-0.3, -0.25) is 0 Å². The summed E-state index contributed by atoms with van der Waals surface area (Å²) in [6.07, 6.45) is 0. The minimum atomic E-state index is -0.232. The molecule has 0 saturated heterocycles. The quantitative estimate of drug-likeness (QED) is 0.629. The summed E-state index contributed by atoms with van der Waals surface area (Å²) >= 11 is 0. The van der Waals surface area contributed by atoms with Crippen LogP contribution < -0.4 is 0 Å². The van der Waals surface area contributed by atoms with Gasteiger partial charge in [-0.05, 0) is 67.4 Å². The van der Waals surface area contributed by atoms with E-state index >= 15 is 0 Å². The number of aromatic nitrogens is 1. The van der Waals surface area contributed by atoms with E-state index in [1.165, 1.54) is 23.3 Å². The summed E-state index contributed by atoms with van der Waals surface area (Å²) in [6, 6.07) is 18.7. The van der Waals surface area contributed by atoms with E-state index in [1.807, 2.05) is 18.2 Å². The zero-order chi connectivity index (χ0) is 14.8. The number of hydrogen-bond acceptors (Lipinski definition) is 1. The fourth-order valence-corrected chi connectivity index (χ4v) is 2.28. The van der Waals surface area contributed by atoms with E-state index in [-0.39, 0.29) is 5.82 Å². The summed E-state index contributed by atoms with van der Waals surface area (Å²) in [5.41, 5.74) is 6.32. The van der Waals surface area contributed by atoms with Crippen LogP contribution in [0, 0.1) is 19.7 Å². The number of rotatable bonds is 2. The molecule has 21 heavy (non-hydrogen) atoms. The van der Waals surface area contributed by atoms with Crippen LogP contribution in [0.5, 0.6) is 0 Å². The standard InChI is InChI=1S/C19H16FN/c1-13-6-7-16(12-14(13)2)19-5-3-4-18(21-19)15-8-10-17(20)11-9-15/h3-12H,1-2H3. The third-order valence-corrected chi connectivity index (χ3v) is 3.69. The summed E-state index contributed by atoms with van der Waals surface area (Å²) in [5.74, 6) is -0.232. The van der Waals surface area contributed by atoms with Crippen LogP contribution in [0.3, 0.4) is 0 Å². The first-order valence-corrected chi connectivity index (χ1v) is 6.94. The van der Waals surface area contributed by atoms with Crippen molar-refractivity contribution >= 4 is 0 Å². The molecular weight excluding hydrogens is 261 g/mol. The lowest BCUT2D eigenvalue weighted by Gasteiger charge is -2.07. The number of benzene rings is 2. The molecule has 0 amide bonds. The van der Waals surface area contributed by atoms with E-state index in [4.69, 9.17) is 4.98 Å². The van der Waals surface area contributed by atoms with Crippen molar-refractivity contribution in [2.75, 3.05) is 0 Å². The molecule has 2 heteroatoms. The van der Waals surface area contributed by atoms with Crippen LogP contribution in [0.2, 0.25) is 0 Å². The first-order valence-electron chi connectivity index (χ1n) is 6.94. The van der Waals surface area contributed by atoms with Gasteiger partial charge >= 0.3 is 0 Å². The second-order valence-electron chi connectivity index (χ2n) is 5.21. The van der Waals surface area contributed by atoms with E-state index in [0.29, 0.717) is 0 Å². The molecule has 0 unspecified atom stereocenters. The molecule has 1 aromatic heterocycles. The summed E-state index contributed by atoms with van der Waals surface area (Å²) in [7, 11) is 0. The maximum Gasteiger partial charge on any atom is 0.123 e. The van der Waals surface area contributed by atoms with Gasteiger partial charge in [-0.2, -0.15) is 0 Å². The molecule has 2 aromatic carbocycles. The molecule has 3 aromatic rings. The third-order valence-electron chi connectivity index (χ3n) is 3.69. The molecule has 0 radical (unpaired) electrons. The number of nitrogens with zero attached hydrogens (tertiary/aromatic N) is 1. The molecule has 3 rings (SSSR count). The summed E-state index contributed by atoms with van der Waals surface area (Å²) in [4.78, 5) is 4.69.